The normalized spacial score (nSPS) is 11.2. The van der Waals surface area contributed by atoms with E-state index in [-0.39, 0.29) is 4.90 Å². The molecule has 0 aliphatic rings. The van der Waals surface area contributed by atoms with E-state index in [4.69, 9.17) is 23.8 Å². The predicted molar refractivity (Wildman–Crippen MR) is 72.5 cm³/mol. The largest absolute Gasteiger partial charge is 0.363 e. The molecule has 0 atom stereocenters. The van der Waals surface area contributed by atoms with Crippen molar-refractivity contribution in [3.05, 3.63) is 29.3 Å². The summed E-state index contributed by atoms with van der Waals surface area (Å²) in [6.45, 7) is 0. The Labute approximate surface area is 109 Å². The van der Waals surface area contributed by atoms with Crippen LogP contribution in [0.3, 0.4) is 0 Å². The lowest BCUT2D eigenvalue weighted by Crippen LogP contribution is -2.18. The van der Waals surface area contributed by atoms with Crippen molar-refractivity contribution in [1.29, 1.82) is 0 Å². The highest BCUT2D eigenvalue weighted by atomic mass is 35.5. The number of nitrogens with zero attached hydrogens (tertiary/aromatic N) is 1. The highest BCUT2D eigenvalue weighted by molar-refractivity contribution is 8.79. The first-order chi connectivity index (χ1) is 7.33. The molecule has 1 aromatic carbocycles. The molecule has 3 nitrogen and oxygen atoms in total. The molecule has 1 aromatic rings. The molecular formula is C9H10ClNO2S3. The Kier molecular flexibility index (Phi) is 4.61. The van der Waals surface area contributed by atoms with Gasteiger partial charge in [0.25, 0.3) is 0 Å². The molecule has 0 spiro atoms. The van der Waals surface area contributed by atoms with Crippen LogP contribution in [0, 0.1) is 0 Å². The van der Waals surface area contributed by atoms with E-state index in [1.807, 2.05) is 0 Å². The van der Waals surface area contributed by atoms with Crippen LogP contribution in [-0.2, 0) is 8.87 Å². The number of rotatable bonds is 2. The third-order valence-corrected chi connectivity index (χ3v) is 6.12. The summed E-state index contributed by atoms with van der Waals surface area (Å²) in [5, 5.41) is 0.499. The minimum Gasteiger partial charge on any atom is -0.363 e. The lowest BCUT2D eigenvalue weighted by molar-refractivity contribution is 0.610. The Hall–Kier alpha value is -0.300. The van der Waals surface area contributed by atoms with Crippen molar-refractivity contribution in [2.24, 2.45) is 0 Å². The fourth-order valence-electron chi connectivity index (χ4n) is 0.818. The Bertz CT molecular complexity index is 482. The van der Waals surface area contributed by atoms with Crippen molar-refractivity contribution in [2.75, 3.05) is 14.1 Å². The van der Waals surface area contributed by atoms with E-state index >= 15 is 0 Å². The Morgan fingerprint density at radius 2 is 1.81 bits per heavy atom. The van der Waals surface area contributed by atoms with Gasteiger partial charge >= 0.3 is 0 Å². The quantitative estimate of drug-likeness (QED) is 0.619. The molecule has 0 amide bonds. The zero-order valence-electron chi connectivity index (χ0n) is 8.68. The fourth-order valence-corrected chi connectivity index (χ4v) is 4.28. The van der Waals surface area contributed by atoms with E-state index < -0.39 is 8.87 Å². The van der Waals surface area contributed by atoms with Crippen LogP contribution >= 0.6 is 34.6 Å². The Balaban J connectivity index is 2.95. The van der Waals surface area contributed by atoms with E-state index in [1.165, 1.54) is 24.3 Å². The molecule has 0 saturated heterocycles. The van der Waals surface area contributed by atoms with Crippen molar-refractivity contribution in [2.45, 2.75) is 4.90 Å². The van der Waals surface area contributed by atoms with Crippen LogP contribution in [-0.4, -0.2) is 31.7 Å². The highest BCUT2D eigenvalue weighted by Crippen LogP contribution is 2.26. The van der Waals surface area contributed by atoms with Crippen molar-refractivity contribution < 1.29 is 8.42 Å². The summed E-state index contributed by atoms with van der Waals surface area (Å²) >= 11 is 10.6. The zero-order valence-corrected chi connectivity index (χ0v) is 11.9. The van der Waals surface area contributed by atoms with Gasteiger partial charge in [0.05, 0.1) is 4.90 Å². The molecule has 0 bridgehead atoms. The Morgan fingerprint density at radius 3 is 2.25 bits per heavy atom. The molecule has 0 heterocycles. The number of hydrogen-bond acceptors (Lipinski definition) is 4. The highest BCUT2D eigenvalue weighted by Gasteiger charge is 2.18. The SMILES string of the molecule is CN(C)C(=S)SS(=O)(=O)c1ccc(Cl)cc1. The van der Waals surface area contributed by atoms with Crippen molar-refractivity contribution in [3.8, 4) is 0 Å². The van der Waals surface area contributed by atoms with E-state index in [9.17, 15) is 8.42 Å². The van der Waals surface area contributed by atoms with Crippen molar-refractivity contribution >= 4 is 47.8 Å². The van der Waals surface area contributed by atoms with Crippen LogP contribution in [0.2, 0.25) is 5.02 Å². The van der Waals surface area contributed by atoms with E-state index in [0.29, 0.717) is 20.1 Å². The van der Waals surface area contributed by atoms with Crippen LogP contribution in [0.25, 0.3) is 0 Å². The van der Waals surface area contributed by atoms with Gasteiger partial charge in [0.2, 0.25) is 8.87 Å². The topological polar surface area (TPSA) is 37.4 Å². The molecule has 0 saturated carbocycles. The van der Waals surface area contributed by atoms with Gasteiger partial charge in [-0.15, -0.1) is 0 Å². The summed E-state index contributed by atoms with van der Waals surface area (Å²) in [5.74, 6) is 0. The van der Waals surface area contributed by atoms with Gasteiger partial charge in [-0.25, -0.2) is 8.42 Å². The van der Waals surface area contributed by atoms with Gasteiger partial charge in [0, 0.05) is 29.9 Å². The van der Waals surface area contributed by atoms with Crippen LogP contribution < -0.4 is 0 Å². The van der Waals surface area contributed by atoms with Gasteiger partial charge in [-0.1, -0.05) is 23.8 Å². The van der Waals surface area contributed by atoms with Gasteiger partial charge in [0.15, 0.2) is 4.32 Å². The van der Waals surface area contributed by atoms with E-state index in [0.717, 1.165) is 0 Å². The maximum Gasteiger partial charge on any atom is 0.236 e. The Morgan fingerprint density at radius 1 is 1.31 bits per heavy atom. The van der Waals surface area contributed by atoms with Crippen molar-refractivity contribution in [1.82, 2.24) is 4.90 Å². The summed E-state index contributed by atoms with van der Waals surface area (Å²) in [6.07, 6.45) is 0. The number of benzene rings is 1. The predicted octanol–water partition coefficient (Wildman–Crippen LogP) is 2.61. The molecule has 16 heavy (non-hydrogen) atoms. The summed E-state index contributed by atoms with van der Waals surface area (Å²) in [7, 11) is 0.612. The smallest absolute Gasteiger partial charge is 0.236 e. The fraction of sp³-hybridized carbons (Fsp3) is 0.222. The van der Waals surface area contributed by atoms with E-state index in [2.05, 4.69) is 0 Å². The minimum absolute atomic E-state index is 0.200. The molecule has 0 aliphatic heterocycles. The summed E-state index contributed by atoms with van der Waals surface area (Å²) in [5.41, 5.74) is 0. The molecule has 0 aromatic heterocycles. The summed E-state index contributed by atoms with van der Waals surface area (Å²) in [4.78, 5) is 1.78. The molecule has 0 N–H and O–H groups in total. The minimum atomic E-state index is -3.45. The lowest BCUT2D eigenvalue weighted by atomic mass is 10.4. The zero-order chi connectivity index (χ0) is 12.3. The van der Waals surface area contributed by atoms with Crippen LogP contribution in [0.15, 0.2) is 29.2 Å². The van der Waals surface area contributed by atoms with Crippen LogP contribution in [0.1, 0.15) is 0 Å². The molecule has 0 radical (unpaired) electrons. The van der Waals surface area contributed by atoms with E-state index in [1.54, 1.807) is 19.0 Å². The third kappa shape index (κ3) is 3.62. The van der Waals surface area contributed by atoms with Gasteiger partial charge in [-0.3, -0.25) is 0 Å². The molecule has 1 rings (SSSR count). The molecule has 0 fully saturated rings. The van der Waals surface area contributed by atoms with Gasteiger partial charge in [0.1, 0.15) is 0 Å². The number of thiocarbonyl (C=S) groups is 1. The average Bonchev–Trinajstić information content (AvgIpc) is 2.17. The van der Waals surface area contributed by atoms with Gasteiger partial charge < -0.3 is 4.90 Å². The second-order valence-electron chi connectivity index (χ2n) is 3.15. The molecular weight excluding hydrogens is 286 g/mol. The number of halogens is 1. The number of hydrogen-bond donors (Lipinski definition) is 0. The summed E-state index contributed by atoms with van der Waals surface area (Å²) < 4.78 is 24.0. The van der Waals surface area contributed by atoms with Gasteiger partial charge in [-0.2, -0.15) is 0 Å². The molecule has 7 heteroatoms. The summed E-state index contributed by atoms with van der Waals surface area (Å²) in [6, 6.07) is 5.99. The lowest BCUT2D eigenvalue weighted by Gasteiger charge is -2.12. The first-order valence-electron chi connectivity index (χ1n) is 4.24. The monoisotopic (exact) mass is 295 g/mol. The van der Waals surface area contributed by atoms with Gasteiger partial charge in [-0.05, 0) is 24.3 Å². The first-order valence-corrected chi connectivity index (χ1v) is 7.84. The second-order valence-corrected chi connectivity index (χ2v) is 7.98. The third-order valence-electron chi connectivity index (χ3n) is 1.65. The maximum absolute atomic E-state index is 11.9. The average molecular weight is 296 g/mol. The second kappa shape index (κ2) is 5.35. The molecule has 88 valence electrons. The molecule has 0 unspecified atom stereocenters. The first kappa shape index (κ1) is 13.8. The molecule has 0 aliphatic carbocycles. The maximum atomic E-state index is 11.9. The standard InChI is InChI=1S/C9H10ClNO2S3/c1-11(2)9(14)15-16(12,13)8-5-3-7(10)4-6-8/h3-6H,1-2H3. The van der Waals surface area contributed by atoms with Crippen LogP contribution in [0.5, 0.6) is 0 Å². The van der Waals surface area contributed by atoms with Crippen molar-refractivity contribution in [3.63, 3.8) is 0 Å². The van der Waals surface area contributed by atoms with Crippen LogP contribution in [0.4, 0.5) is 0 Å².